The van der Waals surface area contributed by atoms with Gasteiger partial charge in [-0.15, -0.1) is 0 Å². The highest BCUT2D eigenvalue weighted by Crippen LogP contribution is 2.33. The molecule has 0 radical (unpaired) electrons. The molecule has 1 saturated heterocycles. The van der Waals surface area contributed by atoms with E-state index in [1.807, 2.05) is 18.2 Å². The van der Waals surface area contributed by atoms with E-state index in [9.17, 15) is 23.2 Å². The summed E-state index contributed by atoms with van der Waals surface area (Å²) in [6, 6.07) is 10.9. The number of aryl methyl sites for hydroxylation is 1. The Kier molecular flexibility index (Phi) is 7.24. The molecule has 1 unspecified atom stereocenters. The van der Waals surface area contributed by atoms with Gasteiger partial charge in [0.05, 0.1) is 17.5 Å². The third kappa shape index (κ3) is 5.11. The molecule has 2 aliphatic rings. The molecule has 1 atom stereocenters. The standard InChI is InChI=1S/C26H28F2N2O4/c1-29(23-8-4-6-17-5-2-3-7-20(17)23)24(31)16-34-26(33)18-11-13-30(14-12-18)25(32)21-10-9-19(27)15-22(21)28/h2-3,5,7,9-10,15,18,23H,4,6,8,11-14,16H2,1H3. The number of halogens is 2. The number of nitrogens with zero attached hydrogens (tertiary/aromatic N) is 2. The van der Waals surface area contributed by atoms with Crippen molar-refractivity contribution in [2.24, 2.45) is 5.92 Å². The van der Waals surface area contributed by atoms with Crippen LogP contribution in [0.4, 0.5) is 8.78 Å². The van der Waals surface area contributed by atoms with E-state index in [0.29, 0.717) is 18.9 Å². The molecule has 1 fully saturated rings. The fourth-order valence-corrected chi connectivity index (χ4v) is 4.81. The Balaban J connectivity index is 1.27. The van der Waals surface area contributed by atoms with Crippen molar-refractivity contribution in [3.8, 4) is 0 Å². The van der Waals surface area contributed by atoms with Crippen molar-refractivity contribution in [3.63, 3.8) is 0 Å². The number of hydrogen-bond donors (Lipinski definition) is 0. The molecule has 0 spiro atoms. The smallest absolute Gasteiger partial charge is 0.309 e. The maximum atomic E-state index is 13.9. The van der Waals surface area contributed by atoms with Crippen LogP contribution < -0.4 is 0 Å². The molecule has 0 aromatic heterocycles. The third-order valence-corrected chi connectivity index (χ3v) is 6.81. The number of hydrogen-bond acceptors (Lipinski definition) is 4. The fraction of sp³-hybridized carbons (Fsp3) is 0.423. The second-order valence-corrected chi connectivity index (χ2v) is 8.91. The quantitative estimate of drug-likeness (QED) is 0.622. The normalized spacial score (nSPS) is 18.2. The Morgan fingerprint density at radius 2 is 1.79 bits per heavy atom. The Morgan fingerprint density at radius 1 is 1.06 bits per heavy atom. The van der Waals surface area contributed by atoms with E-state index < -0.39 is 29.4 Å². The molecule has 2 aromatic rings. The van der Waals surface area contributed by atoms with Crippen molar-refractivity contribution in [2.75, 3.05) is 26.7 Å². The topological polar surface area (TPSA) is 66.9 Å². The molecule has 1 heterocycles. The molecular weight excluding hydrogens is 442 g/mol. The molecule has 0 bridgehead atoms. The highest BCUT2D eigenvalue weighted by atomic mass is 19.1. The molecule has 1 aliphatic heterocycles. The van der Waals surface area contributed by atoms with Gasteiger partial charge in [-0.05, 0) is 55.4 Å². The van der Waals surface area contributed by atoms with Gasteiger partial charge in [0.25, 0.3) is 11.8 Å². The van der Waals surface area contributed by atoms with Crippen LogP contribution in [0.25, 0.3) is 0 Å². The zero-order valence-corrected chi connectivity index (χ0v) is 19.1. The number of carbonyl (C=O) groups excluding carboxylic acids is 3. The summed E-state index contributed by atoms with van der Waals surface area (Å²) in [6.07, 6.45) is 3.58. The van der Waals surface area contributed by atoms with Crippen molar-refractivity contribution in [1.82, 2.24) is 9.80 Å². The van der Waals surface area contributed by atoms with Crippen LogP contribution >= 0.6 is 0 Å². The number of carbonyl (C=O) groups is 3. The summed E-state index contributed by atoms with van der Waals surface area (Å²) in [4.78, 5) is 40.9. The summed E-state index contributed by atoms with van der Waals surface area (Å²) in [7, 11) is 1.74. The Morgan fingerprint density at radius 3 is 2.53 bits per heavy atom. The molecule has 180 valence electrons. The Labute approximate surface area is 197 Å². The van der Waals surface area contributed by atoms with Crippen LogP contribution in [-0.4, -0.2) is 54.3 Å². The predicted molar refractivity (Wildman–Crippen MR) is 121 cm³/mol. The average molecular weight is 471 g/mol. The van der Waals surface area contributed by atoms with Gasteiger partial charge in [-0.2, -0.15) is 0 Å². The Bertz CT molecular complexity index is 1080. The van der Waals surface area contributed by atoms with Crippen molar-refractivity contribution >= 4 is 17.8 Å². The maximum Gasteiger partial charge on any atom is 0.309 e. The first kappa shape index (κ1) is 23.9. The van der Waals surface area contributed by atoms with Gasteiger partial charge < -0.3 is 14.5 Å². The molecule has 6 nitrogen and oxygen atoms in total. The third-order valence-electron chi connectivity index (χ3n) is 6.81. The van der Waals surface area contributed by atoms with Gasteiger partial charge in [-0.25, -0.2) is 8.78 Å². The molecule has 34 heavy (non-hydrogen) atoms. The molecule has 2 aromatic carbocycles. The summed E-state index contributed by atoms with van der Waals surface area (Å²) >= 11 is 0. The number of rotatable bonds is 5. The largest absolute Gasteiger partial charge is 0.455 e. The van der Waals surface area contributed by atoms with Crippen LogP contribution in [0.1, 0.15) is 53.2 Å². The van der Waals surface area contributed by atoms with Gasteiger partial charge in [0.2, 0.25) is 0 Å². The number of fused-ring (bicyclic) bond motifs is 1. The van der Waals surface area contributed by atoms with Crippen molar-refractivity contribution in [2.45, 2.75) is 38.1 Å². The van der Waals surface area contributed by atoms with Crippen LogP contribution in [0.5, 0.6) is 0 Å². The number of esters is 1. The van der Waals surface area contributed by atoms with E-state index in [-0.39, 0.29) is 37.2 Å². The van der Waals surface area contributed by atoms with E-state index in [2.05, 4.69) is 6.07 Å². The van der Waals surface area contributed by atoms with E-state index in [4.69, 9.17) is 4.74 Å². The maximum absolute atomic E-state index is 13.9. The summed E-state index contributed by atoms with van der Waals surface area (Å²) in [5.41, 5.74) is 2.20. The monoisotopic (exact) mass is 470 g/mol. The minimum atomic E-state index is -0.908. The van der Waals surface area contributed by atoms with E-state index in [0.717, 1.165) is 37.0 Å². The highest BCUT2D eigenvalue weighted by molar-refractivity contribution is 5.94. The highest BCUT2D eigenvalue weighted by Gasteiger charge is 2.31. The van der Waals surface area contributed by atoms with E-state index in [1.54, 1.807) is 11.9 Å². The molecular formula is C26H28F2N2O4. The fourth-order valence-electron chi connectivity index (χ4n) is 4.81. The molecule has 4 rings (SSSR count). The number of amides is 2. The zero-order valence-electron chi connectivity index (χ0n) is 19.1. The number of ether oxygens (including phenoxy) is 1. The number of piperidine rings is 1. The predicted octanol–water partition coefficient (Wildman–Crippen LogP) is 3.90. The number of likely N-dealkylation sites (tertiary alicyclic amines) is 1. The SMILES string of the molecule is CN(C(=O)COC(=O)C1CCN(C(=O)c2ccc(F)cc2F)CC1)C1CCCc2ccccc21. The first-order chi connectivity index (χ1) is 16.3. The number of benzene rings is 2. The van der Waals surface area contributed by atoms with Crippen LogP contribution in [0.15, 0.2) is 42.5 Å². The van der Waals surface area contributed by atoms with E-state index >= 15 is 0 Å². The summed E-state index contributed by atoms with van der Waals surface area (Å²) in [5, 5.41) is 0. The second-order valence-electron chi connectivity index (χ2n) is 8.91. The lowest BCUT2D eigenvalue weighted by Gasteiger charge is -2.33. The second kappa shape index (κ2) is 10.3. The molecule has 1 aliphatic carbocycles. The van der Waals surface area contributed by atoms with Gasteiger partial charge in [-0.1, -0.05) is 24.3 Å². The Hall–Kier alpha value is -3.29. The molecule has 2 amide bonds. The minimum Gasteiger partial charge on any atom is -0.455 e. The minimum absolute atomic E-state index is 0.0303. The van der Waals surface area contributed by atoms with Crippen LogP contribution in [0, 0.1) is 17.6 Å². The first-order valence-electron chi connectivity index (χ1n) is 11.6. The lowest BCUT2D eigenvalue weighted by molar-refractivity contribution is -0.157. The first-order valence-corrected chi connectivity index (χ1v) is 11.6. The average Bonchev–Trinajstić information content (AvgIpc) is 2.86. The van der Waals surface area contributed by atoms with Gasteiger partial charge >= 0.3 is 5.97 Å². The van der Waals surface area contributed by atoms with Crippen molar-refractivity contribution < 1.29 is 27.9 Å². The van der Waals surface area contributed by atoms with Gasteiger partial charge in [0, 0.05) is 26.2 Å². The summed E-state index contributed by atoms with van der Waals surface area (Å²) in [6.45, 7) is 0.179. The van der Waals surface area contributed by atoms with E-state index in [1.165, 1.54) is 10.5 Å². The lowest BCUT2D eigenvalue weighted by Crippen LogP contribution is -2.41. The molecule has 8 heteroatoms. The van der Waals surface area contributed by atoms with Gasteiger partial charge in [0.1, 0.15) is 11.6 Å². The van der Waals surface area contributed by atoms with Crippen LogP contribution in [-0.2, 0) is 20.7 Å². The van der Waals surface area contributed by atoms with Crippen LogP contribution in [0.2, 0.25) is 0 Å². The van der Waals surface area contributed by atoms with Crippen molar-refractivity contribution in [1.29, 1.82) is 0 Å². The van der Waals surface area contributed by atoms with Gasteiger partial charge in [-0.3, -0.25) is 14.4 Å². The molecule has 0 N–H and O–H groups in total. The van der Waals surface area contributed by atoms with Crippen LogP contribution in [0.3, 0.4) is 0 Å². The molecule has 0 saturated carbocycles. The number of likely N-dealkylation sites (N-methyl/N-ethyl adjacent to an activating group) is 1. The summed E-state index contributed by atoms with van der Waals surface area (Å²) < 4.78 is 32.3. The van der Waals surface area contributed by atoms with Crippen molar-refractivity contribution in [3.05, 3.63) is 70.8 Å². The zero-order chi connectivity index (χ0) is 24.2. The van der Waals surface area contributed by atoms with Gasteiger partial charge in [0.15, 0.2) is 6.61 Å². The lowest BCUT2D eigenvalue weighted by atomic mass is 9.87. The summed E-state index contributed by atoms with van der Waals surface area (Å²) in [5.74, 6) is -3.34.